The first-order valence-electron chi connectivity index (χ1n) is 5.69. The van der Waals surface area contributed by atoms with Crippen LogP contribution >= 0.6 is 33.9 Å². The number of halogens is 1. The van der Waals surface area contributed by atoms with Gasteiger partial charge in [-0.3, -0.25) is 0 Å². The summed E-state index contributed by atoms with van der Waals surface area (Å²) in [7, 11) is 0. The van der Waals surface area contributed by atoms with Crippen LogP contribution in [0.5, 0.6) is 0 Å². The Morgan fingerprint density at radius 3 is 3.06 bits per heavy atom. The van der Waals surface area contributed by atoms with Gasteiger partial charge < -0.3 is 9.73 Å². The van der Waals surface area contributed by atoms with Crippen molar-refractivity contribution in [2.45, 2.75) is 19.8 Å². The molecule has 2 aromatic heterocycles. The van der Waals surface area contributed by atoms with Crippen LogP contribution in [0.2, 0.25) is 0 Å². The van der Waals surface area contributed by atoms with Gasteiger partial charge in [-0.25, -0.2) is 4.98 Å². The van der Waals surface area contributed by atoms with Crippen molar-refractivity contribution in [1.29, 1.82) is 0 Å². The van der Waals surface area contributed by atoms with Crippen molar-refractivity contribution < 1.29 is 4.42 Å². The number of aromatic nitrogens is 1. The van der Waals surface area contributed by atoms with Crippen molar-refractivity contribution in [2.24, 2.45) is 0 Å². The van der Waals surface area contributed by atoms with Crippen molar-refractivity contribution in [3.8, 4) is 11.3 Å². The van der Waals surface area contributed by atoms with Crippen LogP contribution in [0, 0.1) is 2.88 Å². The van der Waals surface area contributed by atoms with Gasteiger partial charge in [0.1, 0.15) is 0 Å². The molecule has 2 rings (SSSR count). The third kappa shape index (κ3) is 3.79. The molecular formula is C12H15IN2OS. The highest BCUT2D eigenvalue weighted by Crippen LogP contribution is 2.27. The number of thiophene rings is 1. The van der Waals surface area contributed by atoms with E-state index in [0.29, 0.717) is 0 Å². The predicted octanol–water partition coefficient (Wildman–Crippen LogP) is 3.55. The fourth-order valence-electron chi connectivity index (χ4n) is 1.50. The van der Waals surface area contributed by atoms with Gasteiger partial charge in [-0.05, 0) is 41.6 Å². The fourth-order valence-corrected chi connectivity index (χ4v) is 2.83. The van der Waals surface area contributed by atoms with E-state index < -0.39 is 0 Å². The smallest absolute Gasteiger partial charge is 0.196 e. The summed E-state index contributed by atoms with van der Waals surface area (Å²) in [5.41, 5.74) is 1.12. The molecule has 0 aromatic carbocycles. The normalized spacial score (nSPS) is 10.9. The fraction of sp³-hybridized carbons (Fsp3) is 0.417. The van der Waals surface area contributed by atoms with Gasteiger partial charge in [-0.2, -0.15) is 0 Å². The van der Waals surface area contributed by atoms with Crippen molar-refractivity contribution in [3.05, 3.63) is 26.4 Å². The maximum absolute atomic E-state index is 5.72. The van der Waals surface area contributed by atoms with Gasteiger partial charge in [0.2, 0.25) is 0 Å². The van der Waals surface area contributed by atoms with Crippen LogP contribution in [0.15, 0.2) is 22.1 Å². The number of hydrogen-bond donors (Lipinski definition) is 1. The van der Waals surface area contributed by atoms with E-state index in [1.807, 2.05) is 6.20 Å². The molecule has 0 atom stereocenters. The highest BCUT2D eigenvalue weighted by molar-refractivity contribution is 14.1. The minimum atomic E-state index is 0.810. The van der Waals surface area contributed by atoms with Crippen molar-refractivity contribution in [2.75, 3.05) is 13.1 Å². The summed E-state index contributed by atoms with van der Waals surface area (Å²) in [6.45, 7) is 4.14. The summed E-state index contributed by atoms with van der Waals surface area (Å²) in [5, 5.41) is 5.44. The van der Waals surface area contributed by atoms with E-state index in [2.05, 4.69) is 51.3 Å². The molecule has 0 radical (unpaired) electrons. The molecule has 17 heavy (non-hydrogen) atoms. The van der Waals surface area contributed by atoms with Crippen LogP contribution < -0.4 is 5.32 Å². The molecule has 0 saturated heterocycles. The molecule has 0 fully saturated rings. The van der Waals surface area contributed by atoms with E-state index in [9.17, 15) is 0 Å². The second-order valence-corrected chi connectivity index (χ2v) is 6.56. The van der Waals surface area contributed by atoms with Gasteiger partial charge in [0.25, 0.3) is 0 Å². The Balaban J connectivity index is 1.92. The van der Waals surface area contributed by atoms with Gasteiger partial charge >= 0.3 is 0 Å². The zero-order valence-corrected chi connectivity index (χ0v) is 12.7. The summed E-state index contributed by atoms with van der Waals surface area (Å²) in [5.74, 6) is 1.68. The molecule has 3 nitrogen and oxygen atoms in total. The van der Waals surface area contributed by atoms with Gasteiger partial charge in [0.05, 0.1) is 9.08 Å². The summed E-state index contributed by atoms with van der Waals surface area (Å²) in [6.07, 6.45) is 3.82. The molecule has 1 N–H and O–H groups in total. The van der Waals surface area contributed by atoms with Crippen LogP contribution in [0.4, 0.5) is 0 Å². The Kier molecular flexibility index (Phi) is 4.99. The Morgan fingerprint density at radius 1 is 1.47 bits per heavy atom. The molecule has 5 heteroatoms. The lowest BCUT2D eigenvalue weighted by Gasteiger charge is -1.98. The lowest BCUT2D eigenvalue weighted by molar-refractivity contribution is 0.495. The highest BCUT2D eigenvalue weighted by Gasteiger charge is 2.07. The summed E-state index contributed by atoms with van der Waals surface area (Å²) in [6, 6.07) is 2.12. The molecule has 0 aliphatic carbocycles. The van der Waals surface area contributed by atoms with Crippen LogP contribution in [0.1, 0.15) is 19.2 Å². The number of rotatable bonds is 6. The van der Waals surface area contributed by atoms with Crippen LogP contribution in [-0.4, -0.2) is 18.1 Å². The standard InChI is InChI=1S/C12H15IN2OS/c1-2-4-14-5-3-12-15-7-10(16-12)9-6-11(13)17-8-9/h6-8,14H,2-5H2,1H3. The Morgan fingerprint density at radius 2 is 2.35 bits per heavy atom. The number of nitrogens with one attached hydrogen (secondary N) is 1. The predicted molar refractivity (Wildman–Crippen MR) is 79.4 cm³/mol. The SMILES string of the molecule is CCCNCCc1ncc(-c2csc(I)c2)o1. The molecule has 0 saturated carbocycles. The van der Waals surface area contributed by atoms with E-state index in [1.165, 1.54) is 2.88 Å². The quantitative estimate of drug-likeness (QED) is 0.631. The number of oxazole rings is 1. The molecular weight excluding hydrogens is 347 g/mol. The first-order chi connectivity index (χ1) is 8.29. The van der Waals surface area contributed by atoms with E-state index in [-0.39, 0.29) is 0 Å². The lowest BCUT2D eigenvalue weighted by atomic mass is 10.3. The number of nitrogens with zero attached hydrogens (tertiary/aromatic N) is 1. The van der Waals surface area contributed by atoms with E-state index in [4.69, 9.17) is 4.42 Å². The topological polar surface area (TPSA) is 38.1 Å². The summed E-state index contributed by atoms with van der Waals surface area (Å²) >= 11 is 4.03. The van der Waals surface area contributed by atoms with Gasteiger partial charge in [-0.1, -0.05) is 6.92 Å². The maximum Gasteiger partial charge on any atom is 0.196 e. The molecule has 0 aliphatic rings. The average Bonchev–Trinajstić information content (AvgIpc) is 2.93. The highest BCUT2D eigenvalue weighted by atomic mass is 127. The summed E-state index contributed by atoms with van der Waals surface area (Å²) < 4.78 is 6.98. The van der Waals surface area contributed by atoms with Crippen molar-refractivity contribution >= 4 is 33.9 Å². The minimum absolute atomic E-state index is 0.810. The van der Waals surface area contributed by atoms with Crippen LogP contribution in [0.25, 0.3) is 11.3 Å². The molecule has 92 valence electrons. The summed E-state index contributed by atoms with van der Waals surface area (Å²) in [4.78, 5) is 4.29. The molecule has 0 bridgehead atoms. The van der Waals surface area contributed by atoms with Gasteiger partial charge in [0, 0.05) is 23.9 Å². The zero-order chi connectivity index (χ0) is 12.1. The lowest BCUT2D eigenvalue weighted by Crippen LogP contribution is -2.17. The van der Waals surface area contributed by atoms with E-state index in [1.54, 1.807) is 11.3 Å². The van der Waals surface area contributed by atoms with E-state index >= 15 is 0 Å². The third-order valence-corrected chi connectivity index (χ3v) is 4.14. The molecule has 0 spiro atoms. The molecule has 2 aromatic rings. The van der Waals surface area contributed by atoms with Gasteiger partial charge in [-0.15, -0.1) is 11.3 Å². The Hall–Kier alpha value is -0.400. The first kappa shape index (κ1) is 13.0. The molecule has 0 amide bonds. The van der Waals surface area contributed by atoms with Gasteiger partial charge in [0.15, 0.2) is 11.7 Å². The monoisotopic (exact) mass is 362 g/mol. The largest absolute Gasteiger partial charge is 0.441 e. The maximum atomic E-state index is 5.72. The number of hydrogen-bond acceptors (Lipinski definition) is 4. The van der Waals surface area contributed by atoms with Crippen molar-refractivity contribution in [3.63, 3.8) is 0 Å². The Bertz CT molecular complexity index is 467. The molecule has 0 unspecified atom stereocenters. The third-order valence-electron chi connectivity index (χ3n) is 2.35. The average molecular weight is 362 g/mol. The first-order valence-corrected chi connectivity index (χ1v) is 7.65. The second kappa shape index (κ2) is 6.51. The van der Waals surface area contributed by atoms with Crippen molar-refractivity contribution in [1.82, 2.24) is 10.3 Å². The second-order valence-electron chi connectivity index (χ2n) is 3.76. The zero-order valence-electron chi connectivity index (χ0n) is 9.70. The minimum Gasteiger partial charge on any atom is -0.441 e. The molecule has 0 aliphatic heterocycles. The van der Waals surface area contributed by atoms with Crippen LogP contribution in [0.3, 0.4) is 0 Å². The Labute approximate surface area is 119 Å². The van der Waals surface area contributed by atoms with E-state index in [0.717, 1.165) is 43.1 Å². The van der Waals surface area contributed by atoms with Crippen LogP contribution in [-0.2, 0) is 6.42 Å². The molecule has 2 heterocycles.